The Hall–Kier alpha value is -4.20. The van der Waals surface area contributed by atoms with E-state index in [2.05, 4.69) is 27.7 Å². The molecule has 176 valence electrons. The topological polar surface area (TPSA) is 83.1 Å². The van der Waals surface area contributed by atoms with Gasteiger partial charge in [0.2, 0.25) is 5.91 Å². The number of rotatable bonds is 7. The van der Waals surface area contributed by atoms with E-state index < -0.39 is 6.03 Å². The number of nitrogens with zero attached hydrogens (tertiary/aromatic N) is 2. The third-order valence-electron chi connectivity index (χ3n) is 5.56. The van der Waals surface area contributed by atoms with E-state index in [1.807, 2.05) is 42.5 Å². The van der Waals surface area contributed by atoms with E-state index in [9.17, 15) is 9.59 Å². The van der Waals surface area contributed by atoms with Gasteiger partial charge in [-0.2, -0.15) is 0 Å². The van der Waals surface area contributed by atoms with Gasteiger partial charge in [0.1, 0.15) is 5.75 Å². The second-order valence-electron chi connectivity index (χ2n) is 7.79. The lowest BCUT2D eigenvalue weighted by Crippen LogP contribution is -2.51. The van der Waals surface area contributed by atoms with Crippen molar-refractivity contribution < 1.29 is 19.1 Å². The zero-order valence-corrected chi connectivity index (χ0v) is 19.1. The molecule has 1 saturated heterocycles. The third kappa shape index (κ3) is 5.98. The van der Waals surface area contributed by atoms with Crippen molar-refractivity contribution in [3.05, 3.63) is 78.9 Å². The normalized spacial score (nSPS) is 13.2. The van der Waals surface area contributed by atoms with Gasteiger partial charge in [-0.05, 0) is 48.5 Å². The van der Waals surface area contributed by atoms with E-state index in [4.69, 9.17) is 9.47 Å². The maximum atomic E-state index is 12.5. The maximum absolute atomic E-state index is 12.5. The summed E-state index contributed by atoms with van der Waals surface area (Å²) in [7, 11) is 1.59. The molecule has 1 aliphatic heterocycles. The van der Waals surface area contributed by atoms with Crippen LogP contribution in [0.1, 0.15) is 0 Å². The fraction of sp³-hybridized carbons (Fsp3) is 0.231. The number of piperazine rings is 1. The number of para-hydroxylation sites is 3. The molecule has 0 aliphatic carbocycles. The van der Waals surface area contributed by atoms with Gasteiger partial charge in [-0.25, -0.2) is 4.79 Å². The Kier molecular flexibility index (Phi) is 7.49. The van der Waals surface area contributed by atoms with Crippen molar-refractivity contribution in [3.8, 4) is 17.2 Å². The Morgan fingerprint density at radius 2 is 1.47 bits per heavy atom. The van der Waals surface area contributed by atoms with Crippen LogP contribution in [0, 0.1) is 0 Å². The molecule has 2 N–H and O–H groups in total. The molecule has 0 atom stereocenters. The van der Waals surface area contributed by atoms with Gasteiger partial charge in [0, 0.05) is 37.6 Å². The van der Waals surface area contributed by atoms with Crippen LogP contribution in [0.5, 0.6) is 17.2 Å². The van der Waals surface area contributed by atoms with Gasteiger partial charge >= 0.3 is 6.03 Å². The van der Waals surface area contributed by atoms with Crippen LogP contribution in [0.3, 0.4) is 0 Å². The van der Waals surface area contributed by atoms with Gasteiger partial charge in [-0.1, -0.05) is 30.3 Å². The van der Waals surface area contributed by atoms with Gasteiger partial charge in [0.25, 0.3) is 0 Å². The fourth-order valence-electron chi connectivity index (χ4n) is 3.73. The molecule has 3 aromatic carbocycles. The van der Waals surface area contributed by atoms with Crippen molar-refractivity contribution in [2.75, 3.05) is 50.1 Å². The number of ether oxygens (including phenoxy) is 2. The van der Waals surface area contributed by atoms with Crippen LogP contribution in [0.4, 0.5) is 16.2 Å². The lowest BCUT2D eigenvalue weighted by Gasteiger charge is -2.36. The minimum atomic E-state index is -0.435. The second-order valence-corrected chi connectivity index (χ2v) is 7.79. The summed E-state index contributed by atoms with van der Waals surface area (Å²) in [4.78, 5) is 28.8. The minimum absolute atomic E-state index is 0.0494. The Balaban J connectivity index is 1.21. The standard InChI is InChI=1S/C26H28N4O4/c1-33-23-9-5-6-10-24(23)34-22-13-11-20(12-14-22)28-26(32)27-19-25(31)30-17-15-29(16-18-30)21-7-3-2-4-8-21/h2-14H,15-19H2,1H3,(H2,27,28,32). The molecule has 1 aliphatic rings. The Labute approximate surface area is 199 Å². The number of benzene rings is 3. The fourth-order valence-corrected chi connectivity index (χ4v) is 3.73. The Bertz CT molecular complexity index is 1100. The van der Waals surface area contributed by atoms with Gasteiger partial charge in [0.05, 0.1) is 13.7 Å². The molecule has 3 aromatic rings. The number of amides is 3. The highest BCUT2D eigenvalue weighted by Gasteiger charge is 2.21. The number of carbonyl (C=O) groups excluding carboxylic acids is 2. The highest BCUT2D eigenvalue weighted by atomic mass is 16.5. The number of methoxy groups -OCH3 is 1. The Morgan fingerprint density at radius 1 is 0.824 bits per heavy atom. The van der Waals surface area contributed by atoms with Gasteiger partial charge in [-0.3, -0.25) is 4.79 Å². The summed E-state index contributed by atoms with van der Waals surface area (Å²) in [5, 5.41) is 5.37. The predicted molar refractivity (Wildman–Crippen MR) is 132 cm³/mol. The van der Waals surface area contributed by atoms with Crippen molar-refractivity contribution >= 4 is 23.3 Å². The zero-order valence-electron chi connectivity index (χ0n) is 19.1. The zero-order chi connectivity index (χ0) is 23.8. The number of hydrogen-bond donors (Lipinski definition) is 2. The number of urea groups is 1. The van der Waals surface area contributed by atoms with Crippen LogP contribution in [0.2, 0.25) is 0 Å². The first-order chi connectivity index (χ1) is 16.6. The molecule has 34 heavy (non-hydrogen) atoms. The van der Waals surface area contributed by atoms with E-state index in [-0.39, 0.29) is 12.5 Å². The molecule has 0 aromatic heterocycles. The molecule has 0 saturated carbocycles. The van der Waals surface area contributed by atoms with Gasteiger partial charge in [0.15, 0.2) is 11.5 Å². The van der Waals surface area contributed by atoms with Gasteiger partial charge < -0.3 is 29.9 Å². The quantitative estimate of drug-likeness (QED) is 0.558. The molecule has 1 heterocycles. The lowest BCUT2D eigenvalue weighted by atomic mass is 10.2. The van der Waals surface area contributed by atoms with Crippen LogP contribution in [0.25, 0.3) is 0 Å². The van der Waals surface area contributed by atoms with E-state index in [1.165, 1.54) is 0 Å². The molecule has 0 radical (unpaired) electrons. The van der Waals surface area contributed by atoms with E-state index in [0.717, 1.165) is 18.8 Å². The summed E-state index contributed by atoms with van der Waals surface area (Å²) in [6.07, 6.45) is 0. The predicted octanol–water partition coefficient (Wildman–Crippen LogP) is 3.96. The summed E-state index contributed by atoms with van der Waals surface area (Å²) in [6.45, 7) is 2.75. The molecule has 0 unspecified atom stereocenters. The van der Waals surface area contributed by atoms with Crippen molar-refractivity contribution in [1.29, 1.82) is 0 Å². The summed E-state index contributed by atoms with van der Waals surface area (Å²) in [5.41, 5.74) is 1.75. The molecule has 4 rings (SSSR count). The van der Waals surface area contributed by atoms with Crippen LogP contribution in [-0.2, 0) is 4.79 Å². The monoisotopic (exact) mass is 460 g/mol. The van der Waals surface area contributed by atoms with E-state index in [0.29, 0.717) is 36.0 Å². The number of hydrogen-bond acceptors (Lipinski definition) is 5. The first kappa shape index (κ1) is 23.0. The van der Waals surface area contributed by atoms with Crippen molar-refractivity contribution in [1.82, 2.24) is 10.2 Å². The SMILES string of the molecule is COc1ccccc1Oc1ccc(NC(=O)NCC(=O)N2CCN(c3ccccc3)CC2)cc1. The molecular formula is C26H28N4O4. The summed E-state index contributed by atoms with van der Waals surface area (Å²) in [5.74, 6) is 1.76. The van der Waals surface area contributed by atoms with Crippen LogP contribution in [-0.4, -0.2) is 56.7 Å². The molecule has 8 heteroatoms. The lowest BCUT2D eigenvalue weighted by molar-refractivity contribution is -0.130. The van der Waals surface area contributed by atoms with E-state index in [1.54, 1.807) is 36.3 Å². The Morgan fingerprint density at radius 3 is 2.15 bits per heavy atom. The summed E-state index contributed by atoms with van der Waals surface area (Å²) < 4.78 is 11.1. The second kappa shape index (κ2) is 11.1. The first-order valence-electron chi connectivity index (χ1n) is 11.2. The van der Waals surface area contributed by atoms with Crippen molar-refractivity contribution in [3.63, 3.8) is 0 Å². The number of nitrogens with one attached hydrogen (secondary N) is 2. The average Bonchev–Trinajstić information content (AvgIpc) is 2.89. The minimum Gasteiger partial charge on any atom is -0.493 e. The van der Waals surface area contributed by atoms with Crippen LogP contribution < -0.4 is 25.0 Å². The van der Waals surface area contributed by atoms with Crippen LogP contribution >= 0.6 is 0 Å². The highest BCUT2D eigenvalue weighted by molar-refractivity contribution is 5.92. The smallest absolute Gasteiger partial charge is 0.319 e. The van der Waals surface area contributed by atoms with E-state index >= 15 is 0 Å². The molecule has 8 nitrogen and oxygen atoms in total. The molecule has 0 spiro atoms. The third-order valence-corrected chi connectivity index (χ3v) is 5.56. The van der Waals surface area contributed by atoms with Crippen molar-refractivity contribution in [2.24, 2.45) is 0 Å². The van der Waals surface area contributed by atoms with Gasteiger partial charge in [-0.15, -0.1) is 0 Å². The number of carbonyl (C=O) groups is 2. The van der Waals surface area contributed by atoms with Crippen molar-refractivity contribution in [2.45, 2.75) is 0 Å². The largest absolute Gasteiger partial charge is 0.493 e. The molecule has 3 amide bonds. The summed E-state index contributed by atoms with van der Waals surface area (Å²) in [6, 6.07) is 24.0. The molecule has 1 fully saturated rings. The summed E-state index contributed by atoms with van der Waals surface area (Å²) >= 11 is 0. The molecule has 0 bridgehead atoms. The van der Waals surface area contributed by atoms with Crippen LogP contribution in [0.15, 0.2) is 78.9 Å². The number of anilines is 2. The molecular weight excluding hydrogens is 432 g/mol. The maximum Gasteiger partial charge on any atom is 0.319 e. The first-order valence-corrected chi connectivity index (χ1v) is 11.2. The highest BCUT2D eigenvalue weighted by Crippen LogP contribution is 2.31. The average molecular weight is 461 g/mol.